The first-order valence-electron chi connectivity index (χ1n) is 20.8. The first-order chi connectivity index (χ1) is 30.4. The topological polar surface area (TPSA) is 143 Å². The second-order valence-electron chi connectivity index (χ2n) is 15.4. The molecule has 12 heteroatoms. The number of ether oxygens (including phenoxy) is 3. The molecule has 9 rings (SSSR count). The van der Waals surface area contributed by atoms with E-state index >= 15 is 0 Å². The molecule has 1 saturated carbocycles. The molecule has 12 nitrogen and oxygen atoms in total. The van der Waals surface area contributed by atoms with Crippen molar-refractivity contribution in [1.82, 2.24) is 29.8 Å². The quantitative estimate of drug-likeness (QED) is 0.0724. The summed E-state index contributed by atoms with van der Waals surface area (Å²) in [5.41, 5.74) is 6.07. The van der Waals surface area contributed by atoms with Gasteiger partial charge in [-0.3, -0.25) is 4.57 Å². The maximum Gasteiger partial charge on any atom is 0.511 e. The highest BCUT2D eigenvalue weighted by Crippen LogP contribution is 2.40. The van der Waals surface area contributed by atoms with Crippen LogP contribution in [-0.2, 0) is 26.3 Å². The van der Waals surface area contributed by atoms with E-state index in [2.05, 4.69) is 41.4 Å². The number of aromatic nitrogens is 6. The zero-order valence-electron chi connectivity index (χ0n) is 34.1. The van der Waals surface area contributed by atoms with E-state index in [9.17, 15) is 14.4 Å². The Balaban J connectivity index is 0.985. The first kappa shape index (κ1) is 39.8. The summed E-state index contributed by atoms with van der Waals surface area (Å²) in [6.07, 6.45) is 2.40. The fourth-order valence-corrected chi connectivity index (χ4v) is 8.51. The molecule has 1 unspecified atom stereocenters. The van der Waals surface area contributed by atoms with Crippen molar-refractivity contribution in [3.8, 4) is 22.5 Å². The Labute approximate surface area is 357 Å². The number of rotatable bonds is 12. The van der Waals surface area contributed by atoms with Gasteiger partial charge in [-0.05, 0) is 76.4 Å². The minimum absolute atomic E-state index is 0.152. The number of fused-ring (bicyclic) bond motifs is 1. The number of hydrogen-bond acceptors (Lipinski definition) is 9. The van der Waals surface area contributed by atoms with Gasteiger partial charge in [-0.2, -0.15) is 0 Å². The normalized spacial score (nSPS) is 13.7. The van der Waals surface area contributed by atoms with E-state index in [-0.39, 0.29) is 23.9 Å². The van der Waals surface area contributed by atoms with Gasteiger partial charge in [0.15, 0.2) is 5.54 Å². The van der Waals surface area contributed by atoms with Crippen LogP contribution < -0.4 is 5.69 Å². The van der Waals surface area contributed by atoms with Crippen molar-refractivity contribution in [3.05, 3.63) is 196 Å². The standard InChI is InChI=1S/C50H44N6O6/c1-34(61-49(59)62-40-23-12-5-13-24-40)60-47(57)43-27-16-28-44-45(43)55(48(58)51-44)33-35-29-31-36(32-30-35)41-25-14-15-26-42(41)46-52-54-56(53-46)50(37-17-6-2-7-18-37,38-19-8-3-9-20-38)39-21-10-4-11-22-39/h2-4,6-11,14-22,25-32,34,40H,5,12-13,23-24,33H2,1H3,(H,51,58). The van der Waals surface area contributed by atoms with Crippen molar-refractivity contribution in [2.45, 2.75) is 63.5 Å². The first-order valence-corrected chi connectivity index (χ1v) is 20.8. The molecule has 1 aliphatic carbocycles. The van der Waals surface area contributed by atoms with E-state index in [0.29, 0.717) is 16.9 Å². The molecule has 6 aromatic carbocycles. The number of carbonyl (C=O) groups excluding carboxylic acids is 2. The summed E-state index contributed by atoms with van der Waals surface area (Å²) >= 11 is 0. The van der Waals surface area contributed by atoms with Crippen LogP contribution in [0.15, 0.2) is 163 Å². The smallest absolute Gasteiger partial charge is 0.431 e. The number of nitrogens with zero attached hydrogens (tertiary/aromatic N) is 5. The number of imidazole rings is 1. The van der Waals surface area contributed by atoms with E-state index in [1.54, 1.807) is 23.0 Å². The van der Waals surface area contributed by atoms with Crippen molar-refractivity contribution < 1.29 is 23.8 Å². The predicted molar refractivity (Wildman–Crippen MR) is 234 cm³/mol. The number of carbonyl (C=O) groups is 2. The van der Waals surface area contributed by atoms with E-state index in [1.807, 2.05) is 103 Å². The van der Waals surface area contributed by atoms with Gasteiger partial charge in [-0.25, -0.2) is 14.4 Å². The second-order valence-corrected chi connectivity index (χ2v) is 15.4. The predicted octanol–water partition coefficient (Wildman–Crippen LogP) is 9.53. The average Bonchev–Trinajstić information content (AvgIpc) is 3.93. The Hall–Kier alpha value is -7.60. The molecule has 0 amide bonds. The zero-order valence-corrected chi connectivity index (χ0v) is 34.1. The lowest BCUT2D eigenvalue weighted by Gasteiger charge is -2.34. The minimum Gasteiger partial charge on any atom is -0.431 e. The summed E-state index contributed by atoms with van der Waals surface area (Å²) in [7, 11) is 0. The molecule has 0 aliphatic heterocycles. The van der Waals surface area contributed by atoms with Crippen LogP contribution in [0.4, 0.5) is 4.79 Å². The molecule has 0 spiro atoms. The van der Waals surface area contributed by atoms with Crippen LogP contribution in [0.2, 0.25) is 0 Å². The van der Waals surface area contributed by atoms with Crippen molar-refractivity contribution in [2.75, 3.05) is 0 Å². The number of H-pyrrole nitrogens is 1. The van der Waals surface area contributed by atoms with Crippen LogP contribution in [-0.4, -0.2) is 54.3 Å². The van der Waals surface area contributed by atoms with E-state index in [1.165, 1.54) is 11.5 Å². The van der Waals surface area contributed by atoms with Crippen LogP contribution in [0, 0.1) is 0 Å². The van der Waals surface area contributed by atoms with Gasteiger partial charge >= 0.3 is 17.8 Å². The van der Waals surface area contributed by atoms with Crippen LogP contribution in [0.1, 0.15) is 71.6 Å². The molecule has 1 N–H and O–H groups in total. The van der Waals surface area contributed by atoms with E-state index in [0.717, 1.165) is 71.0 Å². The Bertz CT molecular complexity index is 2770. The molecule has 0 bridgehead atoms. The Morgan fingerprint density at radius 1 is 0.710 bits per heavy atom. The number of nitrogens with one attached hydrogen (secondary N) is 1. The molecule has 8 aromatic rings. The van der Waals surface area contributed by atoms with Gasteiger partial charge in [0.25, 0.3) is 0 Å². The minimum atomic E-state index is -1.21. The molecular weight excluding hydrogens is 781 g/mol. The molecule has 0 saturated heterocycles. The molecule has 310 valence electrons. The molecule has 1 aliphatic rings. The van der Waals surface area contributed by atoms with Crippen molar-refractivity contribution in [3.63, 3.8) is 0 Å². The number of hydrogen-bond donors (Lipinski definition) is 1. The molecule has 2 heterocycles. The number of tetrazole rings is 1. The largest absolute Gasteiger partial charge is 0.511 e. The third-order valence-corrected chi connectivity index (χ3v) is 11.4. The highest BCUT2D eigenvalue weighted by molar-refractivity contribution is 6.02. The van der Waals surface area contributed by atoms with Gasteiger partial charge in [-0.15, -0.1) is 15.0 Å². The number of aromatic amines is 1. The van der Waals surface area contributed by atoms with Gasteiger partial charge in [0.1, 0.15) is 6.10 Å². The zero-order chi connectivity index (χ0) is 42.5. The second kappa shape index (κ2) is 17.6. The average molecular weight is 825 g/mol. The lowest BCUT2D eigenvalue weighted by Crippen LogP contribution is -2.39. The molecule has 1 fully saturated rings. The van der Waals surface area contributed by atoms with E-state index in [4.69, 9.17) is 29.6 Å². The monoisotopic (exact) mass is 824 g/mol. The maximum absolute atomic E-state index is 13.5. The number of benzene rings is 6. The van der Waals surface area contributed by atoms with Crippen molar-refractivity contribution in [1.29, 1.82) is 0 Å². The van der Waals surface area contributed by atoms with Gasteiger partial charge in [0.2, 0.25) is 12.1 Å². The van der Waals surface area contributed by atoms with Gasteiger partial charge in [0.05, 0.1) is 23.1 Å². The molecule has 2 aromatic heterocycles. The molecule has 1 atom stereocenters. The van der Waals surface area contributed by atoms with Gasteiger partial charge in [0, 0.05) is 12.5 Å². The summed E-state index contributed by atoms with van der Waals surface area (Å²) < 4.78 is 17.7. The summed E-state index contributed by atoms with van der Waals surface area (Å²) in [6, 6.07) is 51.4. The summed E-state index contributed by atoms with van der Waals surface area (Å²) in [6.45, 7) is 1.62. The summed E-state index contributed by atoms with van der Waals surface area (Å²) in [5.74, 6) is -0.283. The van der Waals surface area contributed by atoms with Gasteiger partial charge in [-0.1, -0.05) is 152 Å². The SMILES string of the molecule is CC(OC(=O)OC1CCCCC1)OC(=O)c1cccc2[nH]c(=O)n(Cc3ccc(-c4ccccc4-c4nnn(C(c5ccccc5)(c5ccccc5)c5ccccc5)n4)cc3)c12. The van der Waals surface area contributed by atoms with E-state index < -0.39 is 24.0 Å². The van der Waals surface area contributed by atoms with Crippen LogP contribution in [0.3, 0.4) is 0 Å². The fraction of sp³-hybridized carbons (Fsp3) is 0.200. The summed E-state index contributed by atoms with van der Waals surface area (Å²) in [5, 5.41) is 14.6. The number of para-hydroxylation sites is 1. The van der Waals surface area contributed by atoms with Gasteiger partial charge < -0.3 is 19.2 Å². The third kappa shape index (κ3) is 7.90. The maximum atomic E-state index is 13.5. The third-order valence-electron chi connectivity index (χ3n) is 11.4. The highest BCUT2D eigenvalue weighted by Gasteiger charge is 2.41. The highest BCUT2D eigenvalue weighted by atomic mass is 16.8. The molecule has 62 heavy (non-hydrogen) atoms. The fourth-order valence-electron chi connectivity index (χ4n) is 8.51. The summed E-state index contributed by atoms with van der Waals surface area (Å²) in [4.78, 5) is 43.8. The van der Waals surface area contributed by atoms with Crippen molar-refractivity contribution >= 4 is 23.2 Å². The van der Waals surface area contributed by atoms with Crippen LogP contribution >= 0.6 is 0 Å². The molecule has 0 radical (unpaired) electrons. The lowest BCUT2D eigenvalue weighted by atomic mass is 9.77. The van der Waals surface area contributed by atoms with Crippen molar-refractivity contribution in [2.24, 2.45) is 0 Å². The lowest BCUT2D eigenvalue weighted by molar-refractivity contribution is -0.0914. The Morgan fingerprint density at radius 3 is 1.94 bits per heavy atom. The Kier molecular flexibility index (Phi) is 11.3. The Morgan fingerprint density at radius 2 is 1.31 bits per heavy atom. The van der Waals surface area contributed by atoms with Crippen LogP contribution in [0.5, 0.6) is 0 Å². The molecular formula is C50H44N6O6. The van der Waals surface area contributed by atoms with Crippen LogP contribution in [0.25, 0.3) is 33.5 Å². The number of esters is 1.